The molecular formula is C14H17F5O2. The van der Waals surface area contributed by atoms with E-state index in [4.69, 9.17) is 4.74 Å². The Kier molecular flexibility index (Phi) is 5.95. The summed E-state index contributed by atoms with van der Waals surface area (Å²) in [6.45, 7) is 3.99. The first-order chi connectivity index (χ1) is 9.61. The van der Waals surface area contributed by atoms with E-state index in [2.05, 4.69) is 0 Å². The maximum Gasteiger partial charge on any atom is 0.310 e. The summed E-state index contributed by atoms with van der Waals surface area (Å²) in [4.78, 5) is 0. The zero-order chi connectivity index (χ0) is 16.2. The molecule has 0 heterocycles. The molecule has 1 unspecified atom stereocenters. The van der Waals surface area contributed by atoms with Crippen LogP contribution in [0.3, 0.4) is 0 Å². The van der Waals surface area contributed by atoms with Crippen LogP contribution in [0, 0.1) is 11.7 Å². The third-order valence-corrected chi connectivity index (χ3v) is 2.65. The number of aliphatic hydroxyl groups excluding tert-OH is 1. The SMILES string of the molecule is CC(C)COc1cc(F)cc(C(O)CC(F)(F)C(F)F)c1. The largest absolute Gasteiger partial charge is 0.493 e. The van der Waals surface area contributed by atoms with Crippen molar-refractivity contribution in [1.29, 1.82) is 0 Å². The van der Waals surface area contributed by atoms with Gasteiger partial charge in [0, 0.05) is 12.5 Å². The summed E-state index contributed by atoms with van der Waals surface area (Å²) in [5, 5.41) is 9.60. The molecule has 1 aromatic carbocycles. The molecule has 0 aromatic heterocycles. The minimum absolute atomic E-state index is 0.0538. The second kappa shape index (κ2) is 7.06. The number of hydrogen-bond donors (Lipinski definition) is 1. The normalized spacial score (nSPS) is 13.8. The van der Waals surface area contributed by atoms with Crippen LogP contribution in [0.4, 0.5) is 22.0 Å². The quantitative estimate of drug-likeness (QED) is 0.765. The fraction of sp³-hybridized carbons (Fsp3) is 0.571. The summed E-state index contributed by atoms with van der Waals surface area (Å²) in [7, 11) is 0. The highest BCUT2D eigenvalue weighted by Gasteiger charge is 2.42. The number of benzene rings is 1. The first kappa shape index (κ1) is 17.7. The highest BCUT2D eigenvalue weighted by Crippen LogP contribution is 2.34. The summed E-state index contributed by atoms with van der Waals surface area (Å²) >= 11 is 0. The van der Waals surface area contributed by atoms with Gasteiger partial charge in [0.05, 0.1) is 12.7 Å². The predicted molar refractivity (Wildman–Crippen MR) is 67.3 cm³/mol. The average Bonchev–Trinajstić information content (AvgIpc) is 2.35. The lowest BCUT2D eigenvalue weighted by atomic mass is 10.0. The molecule has 7 heteroatoms. The number of halogens is 5. The first-order valence-electron chi connectivity index (χ1n) is 6.39. The average molecular weight is 312 g/mol. The van der Waals surface area contributed by atoms with E-state index < -0.39 is 30.7 Å². The van der Waals surface area contributed by atoms with Gasteiger partial charge >= 0.3 is 12.3 Å². The summed E-state index contributed by atoms with van der Waals surface area (Å²) < 4.78 is 68.6. The fourth-order valence-electron chi connectivity index (χ4n) is 1.59. The van der Waals surface area contributed by atoms with E-state index in [9.17, 15) is 27.1 Å². The zero-order valence-electron chi connectivity index (χ0n) is 11.6. The Morgan fingerprint density at radius 1 is 1.19 bits per heavy atom. The number of rotatable bonds is 7. The van der Waals surface area contributed by atoms with E-state index in [1.807, 2.05) is 13.8 Å². The van der Waals surface area contributed by atoms with Crippen molar-refractivity contribution in [2.45, 2.75) is 38.7 Å². The van der Waals surface area contributed by atoms with E-state index in [1.165, 1.54) is 0 Å². The van der Waals surface area contributed by atoms with Gasteiger partial charge in [0.25, 0.3) is 0 Å². The smallest absolute Gasteiger partial charge is 0.310 e. The highest BCUT2D eigenvalue weighted by atomic mass is 19.3. The Labute approximate surface area is 119 Å². The molecule has 2 nitrogen and oxygen atoms in total. The third kappa shape index (κ3) is 5.49. The molecule has 1 N–H and O–H groups in total. The highest BCUT2D eigenvalue weighted by molar-refractivity contribution is 5.31. The van der Waals surface area contributed by atoms with Crippen LogP contribution in [0.25, 0.3) is 0 Å². The summed E-state index contributed by atoms with van der Waals surface area (Å²) in [6, 6.07) is 3.01. The van der Waals surface area contributed by atoms with Crippen molar-refractivity contribution < 1.29 is 31.8 Å². The second-order valence-electron chi connectivity index (χ2n) is 5.21. The Morgan fingerprint density at radius 3 is 2.33 bits per heavy atom. The van der Waals surface area contributed by atoms with Crippen LogP contribution in [0.1, 0.15) is 31.9 Å². The van der Waals surface area contributed by atoms with Crippen LogP contribution in [0.2, 0.25) is 0 Å². The van der Waals surface area contributed by atoms with Gasteiger partial charge in [-0.1, -0.05) is 13.8 Å². The second-order valence-corrected chi connectivity index (χ2v) is 5.21. The van der Waals surface area contributed by atoms with E-state index in [1.54, 1.807) is 0 Å². The van der Waals surface area contributed by atoms with Gasteiger partial charge in [-0.2, -0.15) is 0 Å². The van der Waals surface area contributed by atoms with E-state index in [0.29, 0.717) is 0 Å². The molecule has 0 spiro atoms. The van der Waals surface area contributed by atoms with Gasteiger partial charge in [-0.25, -0.2) is 22.0 Å². The molecular weight excluding hydrogens is 295 g/mol. The molecule has 1 atom stereocenters. The molecule has 0 saturated heterocycles. The van der Waals surface area contributed by atoms with Gasteiger partial charge in [-0.05, 0) is 23.6 Å². The number of hydrogen-bond acceptors (Lipinski definition) is 2. The number of ether oxygens (including phenoxy) is 1. The topological polar surface area (TPSA) is 29.5 Å². The van der Waals surface area contributed by atoms with E-state index in [-0.39, 0.29) is 23.8 Å². The molecule has 0 fully saturated rings. The lowest BCUT2D eigenvalue weighted by molar-refractivity contribution is -0.149. The Morgan fingerprint density at radius 2 is 1.81 bits per heavy atom. The maximum absolute atomic E-state index is 13.4. The molecule has 1 aromatic rings. The van der Waals surface area contributed by atoms with Crippen molar-refractivity contribution in [3.8, 4) is 5.75 Å². The van der Waals surface area contributed by atoms with Crippen molar-refractivity contribution >= 4 is 0 Å². The van der Waals surface area contributed by atoms with Crippen molar-refractivity contribution in [3.05, 3.63) is 29.6 Å². The third-order valence-electron chi connectivity index (χ3n) is 2.65. The van der Waals surface area contributed by atoms with Crippen LogP contribution in [0.15, 0.2) is 18.2 Å². The van der Waals surface area contributed by atoms with E-state index >= 15 is 0 Å². The van der Waals surface area contributed by atoms with Gasteiger partial charge in [0.15, 0.2) is 0 Å². The van der Waals surface area contributed by atoms with Crippen LogP contribution in [0.5, 0.6) is 5.75 Å². The monoisotopic (exact) mass is 312 g/mol. The summed E-state index contributed by atoms with van der Waals surface area (Å²) in [5.41, 5.74) is -0.228. The zero-order valence-corrected chi connectivity index (χ0v) is 11.6. The molecule has 0 saturated carbocycles. The summed E-state index contributed by atoms with van der Waals surface area (Å²) in [5.74, 6) is -4.93. The van der Waals surface area contributed by atoms with Crippen LogP contribution >= 0.6 is 0 Å². The molecule has 1 rings (SSSR count). The summed E-state index contributed by atoms with van der Waals surface area (Å²) in [6.07, 6.45) is -7.29. The van der Waals surface area contributed by atoms with Crippen molar-refractivity contribution in [2.24, 2.45) is 5.92 Å². The molecule has 0 amide bonds. The minimum Gasteiger partial charge on any atom is -0.493 e. The lowest BCUT2D eigenvalue weighted by Gasteiger charge is -2.20. The Balaban J connectivity index is 2.86. The molecule has 0 radical (unpaired) electrons. The van der Waals surface area contributed by atoms with E-state index in [0.717, 1.165) is 18.2 Å². The minimum atomic E-state index is -4.34. The predicted octanol–water partition coefficient (Wildman–Crippen LogP) is 4.18. The molecule has 0 bridgehead atoms. The Bertz CT molecular complexity index is 463. The number of alkyl halides is 4. The molecule has 120 valence electrons. The van der Waals surface area contributed by atoms with Gasteiger partial charge in [0.1, 0.15) is 11.6 Å². The lowest BCUT2D eigenvalue weighted by Crippen LogP contribution is -2.28. The van der Waals surface area contributed by atoms with Crippen LogP contribution in [-0.4, -0.2) is 24.1 Å². The van der Waals surface area contributed by atoms with Gasteiger partial charge in [-0.15, -0.1) is 0 Å². The van der Waals surface area contributed by atoms with Gasteiger partial charge in [0.2, 0.25) is 0 Å². The molecule has 21 heavy (non-hydrogen) atoms. The van der Waals surface area contributed by atoms with Crippen LogP contribution in [-0.2, 0) is 0 Å². The van der Waals surface area contributed by atoms with Gasteiger partial charge in [-0.3, -0.25) is 0 Å². The van der Waals surface area contributed by atoms with Gasteiger partial charge < -0.3 is 9.84 Å². The van der Waals surface area contributed by atoms with Crippen molar-refractivity contribution in [1.82, 2.24) is 0 Å². The standard InChI is InChI=1S/C14H17F5O2/c1-8(2)7-21-11-4-9(3-10(15)5-11)12(20)6-14(18,19)13(16)17/h3-5,8,12-13,20H,6-7H2,1-2H3. The molecule has 0 aliphatic rings. The maximum atomic E-state index is 13.4. The molecule has 0 aliphatic heterocycles. The fourth-order valence-corrected chi connectivity index (χ4v) is 1.59. The van der Waals surface area contributed by atoms with Crippen molar-refractivity contribution in [3.63, 3.8) is 0 Å². The molecule has 0 aliphatic carbocycles. The number of aliphatic hydroxyl groups is 1. The first-order valence-corrected chi connectivity index (χ1v) is 6.39. The van der Waals surface area contributed by atoms with Crippen molar-refractivity contribution in [2.75, 3.05) is 6.61 Å². The van der Waals surface area contributed by atoms with Crippen LogP contribution < -0.4 is 4.74 Å². The Hall–Kier alpha value is -1.37.